The quantitative estimate of drug-likeness (QED) is 0.151. The van der Waals surface area contributed by atoms with Crippen LogP contribution in [0.15, 0.2) is 71.9 Å². The van der Waals surface area contributed by atoms with Crippen molar-refractivity contribution in [2.75, 3.05) is 22.5 Å². The molecule has 0 radical (unpaired) electrons. The minimum absolute atomic E-state index is 0.126. The van der Waals surface area contributed by atoms with E-state index in [0.29, 0.717) is 35.3 Å². The van der Waals surface area contributed by atoms with E-state index in [1.807, 2.05) is 48.5 Å². The highest BCUT2D eigenvalue weighted by Crippen LogP contribution is 2.33. The summed E-state index contributed by atoms with van der Waals surface area (Å²) in [5, 5.41) is 14.1. The highest BCUT2D eigenvalue weighted by Gasteiger charge is 2.26. The Morgan fingerprint density at radius 3 is 2.70 bits per heavy atom. The lowest BCUT2D eigenvalue weighted by Crippen LogP contribution is -2.32. The molecule has 8 nitrogen and oxygen atoms in total. The van der Waals surface area contributed by atoms with Gasteiger partial charge in [0.1, 0.15) is 0 Å². The van der Waals surface area contributed by atoms with Gasteiger partial charge >= 0.3 is 5.97 Å². The zero-order valence-corrected chi connectivity index (χ0v) is 23.8. The Bertz CT molecular complexity index is 1650. The van der Waals surface area contributed by atoms with Crippen LogP contribution in [0.25, 0.3) is 10.2 Å². The largest absolute Gasteiger partial charge is 0.476 e. The average molecular weight is 588 g/mol. The van der Waals surface area contributed by atoms with Gasteiger partial charge in [-0.15, -0.1) is 23.1 Å². The average Bonchev–Trinajstić information content (AvgIpc) is 3.59. The first kappa shape index (κ1) is 26.4. The Hall–Kier alpha value is -3.80. The molecule has 0 bridgehead atoms. The molecule has 5 aromatic rings. The molecule has 0 aliphatic carbocycles. The summed E-state index contributed by atoms with van der Waals surface area (Å²) in [6.45, 7) is 1.20. The fourth-order valence-electron chi connectivity index (χ4n) is 4.72. The number of aromatic carboxylic acids is 1. The molecule has 4 heterocycles. The topological polar surface area (TPSA) is 108 Å². The van der Waals surface area contributed by atoms with Crippen LogP contribution in [0.2, 0.25) is 0 Å². The lowest BCUT2D eigenvalue weighted by Gasteiger charge is -2.29. The molecule has 0 fully saturated rings. The number of nitrogens with zero attached hydrogens (tertiary/aromatic N) is 4. The van der Waals surface area contributed by atoms with Gasteiger partial charge in [0, 0.05) is 40.8 Å². The van der Waals surface area contributed by atoms with Crippen LogP contribution in [-0.2, 0) is 19.4 Å². The summed E-state index contributed by atoms with van der Waals surface area (Å²) >= 11 is 4.62. The Labute approximate surface area is 243 Å². The maximum absolute atomic E-state index is 13.3. The number of anilines is 2. The number of carbonyl (C=O) groups excluding carboxylic acids is 1. The second-order valence-electron chi connectivity index (χ2n) is 9.26. The summed E-state index contributed by atoms with van der Waals surface area (Å²) in [4.78, 5) is 42.5. The lowest BCUT2D eigenvalue weighted by atomic mass is 9.94. The molecule has 1 aliphatic heterocycles. The van der Waals surface area contributed by atoms with Crippen molar-refractivity contribution in [1.82, 2.24) is 15.0 Å². The molecule has 2 N–H and O–H groups in total. The van der Waals surface area contributed by atoms with Gasteiger partial charge in [-0.05, 0) is 66.5 Å². The van der Waals surface area contributed by atoms with Gasteiger partial charge < -0.3 is 10.0 Å². The van der Waals surface area contributed by atoms with E-state index in [2.05, 4.69) is 31.2 Å². The number of para-hydroxylation sites is 1. The molecular weight excluding hydrogens is 563 g/mol. The summed E-state index contributed by atoms with van der Waals surface area (Å²) in [6, 6.07) is 17.5. The molecule has 0 spiro atoms. The van der Waals surface area contributed by atoms with Crippen LogP contribution in [0, 0.1) is 0 Å². The predicted octanol–water partition coefficient (Wildman–Crippen LogP) is 6.39. The van der Waals surface area contributed by atoms with Crippen LogP contribution in [0.3, 0.4) is 0 Å². The first-order chi connectivity index (χ1) is 19.5. The highest BCUT2D eigenvalue weighted by atomic mass is 32.2. The molecular formula is C29H25N5O3S3. The first-order valence-electron chi connectivity index (χ1n) is 12.8. The molecule has 40 heavy (non-hydrogen) atoms. The van der Waals surface area contributed by atoms with Crippen molar-refractivity contribution in [3.8, 4) is 0 Å². The predicted molar refractivity (Wildman–Crippen MR) is 161 cm³/mol. The van der Waals surface area contributed by atoms with Gasteiger partial charge in [0.05, 0.1) is 10.2 Å². The number of fused-ring (bicyclic) bond motifs is 2. The van der Waals surface area contributed by atoms with Crippen LogP contribution in [-0.4, -0.2) is 44.2 Å². The molecule has 2 aromatic carbocycles. The monoisotopic (exact) mass is 587 g/mol. The molecule has 1 amide bonds. The van der Waals surface area contributed by atoms with E-state index in [1.165, 1.54) is 22.7 Å². The van der Waals surface area contributed by atoms with Crippen LogP contribution in [0.5, 0.6) is 0 Å². The Balaban J connectivity index is 1.17. The number of aryl methyl sites for hydroxylation is 1. The lowest BCUT2D eigenvalue weighted by molar-refractivity contribution is 0.0690. The maximum Gasteiger partial charge on any atom is 0.355 e. The highest BCUT2D eigenvalue weighted by molar-refractivity contribution is 7.99. The molecule has 0 unspecified atom stereocenters. The molecule has 1 aliphatic rings. The van der Waals surface area contributed by atoms with Crippen LogP contribution in [0.1, 0.15) is 43.3 Å². The number of pyridine rings is 1. The van der Waals surface area contributed by atoms with Crippen molar-refractivity contribution in [1.29, 1.82) is 0 Å². The number of carbonyl (C=O) groups is 2. The Morgan fingerprint density at radius 2 is 1.88 bits per heavy atom. The van der Waals surface area contributed by atoms with Crippen LogP contribution in [0.4, 0.5) is 10.3 Å². The van der Waals surface area contributed by atoms with Crippen molar-refractivity contribution in [2.45, 2.75) is 30.7 Å². The third-order valence-corrected chi connectivity index (χ3v) is 9.88. The molecule has 0 saturated heterocycles. The number of rotatable bonds is 9. The number of hydrogen-bond donors (Lipinski definition) is 2. The minimum Gasteiger partial charge on any atom is -0.476 e. The summed E-state index contributed by atoms with van der Waals surface area (Å²) in [5.74, 6) is -0.330. The zero-order valence-electron chi connectivity index (χ0n) is 21.4. The van der Waals surface area contributed by atoms with E-state index in [9.17, 15) is 14.7 Å². The van der Waals surface area contributed by atoms with Gasteiger partial charge in [-0.2, -0.15) is 0 Å². The van der Waals surface area contributed by atoms with Crippen molar-refractivity contribution in [3.05, 3.63) is 94.3 Å². The summed E-state index contributed by atoms with van der Waals surface area (Å²) in [6.07, 6.45) is 5.78. The van der Waals surface area contributed by atoms with Gasteiger partial charge in [0.15, 0.2) is 16.0 Å². The number of hydrogen-bond acceptors (Lipinski definition) is 9. The van der Waals surface area contributed by atoms with E-state index in [1.54, 1.807) is 24.2 Å². The summed E-state index contributed by atoms with van der Waals surface area (Å²) in [5.41, 5.74) is 3.64. The van der Waals surface area contributed by atoms with E-state index in [-0.39, 0.29) is 11.6 Å². The van der Waals surface area contributed by atoms with Crippen molar-refractivity contribution in [2.24, 2.45) is 0 Å². The number of carboxylic acid groups (broad SMARTS) is 1. The number of nitrogens with one attached hydrogen (secondary N) is 1. The van der Waals surface area contributed by atoms with E-state index in [0.717, 1.165) is 49.7 Å². The number of amides is 1. The third kappa shape index (κ3) is 5.72. The molecule has 202 valence electrons. The standard InChI is InChI=1S/C29H25N5O3S3/c35-26(33-28-31-22-7-1-2-8-23(22)39-28)20-6-3-5-18-12-15-34(17-21(18)20)29-32-25(27(36)37)24(40-29)9-4-16-38-19-10-13-30-14-11-19/h1-3,5-8,10-11,13-14H,4,9,12,15-17H2,(H,36,37)(H,31,33,35). The number of thiazole rings is 2. The van der Waals surface area contributed by atoms with Gasteiger partial charge in [0.2, 0.25) is 0 Å². The van der Waals surface area contributed by atoms with Gasteiger partial charge in [-0.25, -0.2) is 14.8 Å². The zero-order chi connectivity index (χ0) is 27.5. The van der Waals surface area contributed by atoms with Crippen LogP contribution >= 0.6 is 34.4 Å². The van der Waals surface area contributed by atoms with E-state index < -0.39 is 5.97 Å². The van der Waals surface area contributed by atoms with Crippen LogP contribution < -0.4 is 10.2 Å². The molecule has 6 rings (SSSR count). The van der Waals surface area contributed by atoms with Crippen molar-refractivity contribution in [3.63, 3.8) is 0 Å². The first-order valence-corrected chi connectivity index (χ1v) is 15.5. The fourth-order valence-corrected chi connectivity index (χ4v) is 7.53. The smallest absolute Gasteiger partial charge is 0.355 e. The maximum atomic E-state index is 13.3. The molecule has 0 saturated carbocycles. The fraction of sp³-hybridized carbons (Fsp3) is 0.207. The molecule has 0 atom stereocenters. The second kappa shape index (κ2) is 11.7. The molecule has 3 aromatic heterocycles. The van der Waals surface area contributed by atoms with Crippen molar-refractivity contribution >= 4 is 66.8 Å². The van der Waals surface area contributed by atoms with Crippen molar-refractivity contribution < 1.29 is 14.7 Å². The number of carboxylic acids is 1. The number of benzene rings is 2. The number of aromatic nitrogens is 3. The Kier molecular flexibility index (Phi) is 7.76. The Morgan fingerprint density at radius 1 is 1.02 bits per heavy atom. The second-order valence-corrected chi connectivity index (χ2v) is 12.5. The summed E-state index contributed by atoms with van der Waals surface area (Å²) < 4.78 is 1.02. The minimum atomic E-state index is -1.01. The summed E-state index contributed by atoms with van der Waals surface area (Å²) in [7, 11) is 0. The van der Waals surface area contributed by atoms with Gasteiger partial charge in [0.25, 0.3) is 5.91 Å². The van der Waals surface area contributed by atoms with Gasteiger partial charge in [-0.3, -0.25) is 15.1 Å². The SMILES string of the molecule is O=C(Nc1nc2ccccc2s1)c1cccc2c1CN(c1nc(C(=O)O)c(CCCSc3ccncc3)s1)CC2. The number of thioether (sulfide) groups is 1. The third-order valence-electron chi connectivity index (χ3n) is 6.66. The molecule has 11 heteroatoms. The van der Waals surface area contributed by atoms with Gasteiger partial charge in [-0.1, -0.05) is 35.6 Å². The normalized spacial score (nSPS) is 12.8. The van der Waals surface area contributed by atoms with E-state index >= 15 is 0 Å². The van der Waals surface area contributed by atoms with E-state index in [4.69, 9.17) is 0 Å².